The lowest BCUT2D eigenvalue weighted by Gasteiger charge is -2.19. The third-order valence-electron chi connectivity index (χ3n) is 4.82. The summed E-state index contributed by atoms with van der Waals surface area (Å²) in [4.78, 5) is 18.5. The molecule has 4 aromatic rings. The van der Waals surface area contributed by atoms with Crippen LogP contribution in [-0.4, -0.2) is 9.55 Å². The van der Waals surface area contributed by atoms with Crippen molar-refractivity contribution in [3.05, 3.63) is 87.8 Å². The molecule has 0 N–H and O–H groups in total. The van der Waals surface area contributed by atoms with Gasteiger partial charge in [0.25, 0.3) is 5.56 Å². The summed E-state index contributed by atoms with van der Waals surface area (Å²) in [5.41, 5.74) is 4.54. The second-order valence-corrected chi connectivity index (χ2v) is 8.68. The van der Waals surface area contributed by atoms with Gasteiger partial charge >= 0.3 is 0 Å². The molecule has 0 bridgehead atoms. The summed E-state index contributed by atoms with van der Waals surface area (Å²) < 4.78 is 1.70. The van der Waals surface area contributed by atoms with Crippen LogP contribution in [-0.2, 0) is 12.0 Å². The van der Waals surface area contributed by atoms with Crippen LogP contribution in [0.3, 0.4) is 0 Å². The first-order valence-corrected chi connectivity index (χ1v) is 9.93. The molecule has 0 aliphatic carbocycles. The van der Waals surface area contributed by atoms with Crippen molar-refractivity contribution in [1.82, 2.24) is 9.55 Å². The summed E-state index contributed by atoms with van der Waals surface area (Å²) in [6, 6.07) is 18.5. The smallest absolute Gasteiger partial charge is 0.263 e. The highest BCUT2D eigenvalue weighted by molar-refractivity contribution is 7.17. The number of hydrogen-bond acceptors (Lipinski definition) is 3. The summed E-state index contributed by atoms with van der Waals surface area (Å²) in [6.07, 6.45) is 1.66. The SMILES string of the molecule is CC(C)(C)c1ccc(Cn2cnc3scc(-c4ccccc4)c3c2=O)cc1. The first-order chi connectivity index (χ1) is 12.9. The van der Waals surface area contributed by atoms with Crippen LogP contribution in [0.5, 0.6) is 0 Å². The first-order valence-electron chi connectivity index (χ1n) is 9.05. The van der Waals surface area contributed by atoms with Gasteiger partial charge in [-0.15, -0.1) is 11.3 Å². The van der Waals surface area contributed by atoms with Crippen molar-refractivity contribution in [2.75, 3.05) is 0 Å². The molecule has 0 atom stereocenters. The average Bonchev–Trinajstić information content (AvgIpc) is 3.09. The fourth-order valence-corrected chi connectivity index (χ4v) is 4.12. The van der Waals surface area contributed by atoms with E-state index in [4.69, 9.17) is 0 Å². The molecule has 0 unspecified atom stereocenters. The highest BCUT2D eigenvalue weighted by Gasteiger charge is 2.15. The minimum absolute atomic E-state index is 0.0139. The Balaban J connectivity index is 1.73. The molecule has 3 nitrogen and oxygen atoms in total. The Kier molecular flexibility index (Phi) is 4.44. The fourth-order valence-electron chi connectivity index (χ4n) is 3.22. The second-order valence-electron chi connectivity index (χ2n) is 7.82. The number of aromatic nitrogens is 2. The topological polar surface area (TPSA) is 34.9 Å². The lowest BCUT2D eigenvalue weighted by Crippen LogP contribution is -2.21. The minimum atomic E-state index is 0.0139. The molecular weight excluding hydrogens is 352 g/mol. The molecule has 2 heterocycles. The van der Waals surface area contributed by atoms with Gasteiger partial charge in [0.1, 0.15) is 4.83 Å². The first kappa shape index (κ1) is 17.7. The maximum atomic E-state index is 13.1. The molecule has 0 radical (unpaired) electrons. The summed E-state index contributed by atoms with van der Waals surface area (Å²) in [7, 11) is 0. The predicted octanol–water partition coefficient (Wildman–Crippen LogP) is 5.47. The Morgan fingerprint density at radius 1 is 1.00 bits per heavy atom. The van der Waals surface area contributed by atoms with Crippen LogP contribution in [0, 0.1) is 0 Å². The number of fused-ring (bicyclic) bond motifs is 1. The molecule has 0 saturated heterocycles. The van der Waals surface area contributed by atoms with Gasteiger partial charge in [0.05, 0.1) is 18.3 Å². The summed E-state index contributed by atoms with van der Waals surface area (Å²) in [5, 5.41) is 2.73. The third-order valence-corrected chi connectivity index (χ3v) is 5.70. The molecule has 27 heavy (non-hydrogen) atoms. The number of benzene rings is 2. The van der Waals surface area contributed by atoms with Gasteiger partial charge in [-0.1, -0.05) is 75.4 Å². The Morgan fingerprint density at radius 3 is 2.37 bits per heavy atom. The van der Waals surface area contributed by atoms with Crippen LogP contribution in [0.25, 0.3) is 21.3 Å². The Labute approximate surface area is 163 Å². The van der Waals surface area contributed by atoms with Crippen molar-refractivity contribution in [3.63, 3.8) is 0 Å². The molecular formula is C23H22N2OS. The number of nitrogens with zero attached hydrogens (tertiary/aromatic N) is 2. The maximum Gasteiger partial charge on any atom is 0.263 e. The maximum absolute atomic E-state index is 13.1. The van der Waals surface area contributed by atoms with E-state index in [9.17, 15) is 4.79 Å². The molecule has 0 amide bonds. The number of rotatable bonds is 3. The Bertz CT molecular complexity index is 1130. The van der Waals surface area contributed by atoms with E-state index < -0.39 is 0 Å². The molecule has 2 aromatic heterocycles. The van der Waals surface area contributed by atoms with Crippen LogP contribution >= 0.6 is 11.3 Å². The zero-order chi connectivity index (χ0) is 19.0. The normalized spacial score (nSPS) is 11.8. The quantitative estimate of drug-likeness (QED) is 0.476. The molecule has 0 fully saturated rings. The van der Waals surface area contributed by atoms with Gasteiger partial charge in [-0.3, -0.25) is 9.36 Å². The van der Waals surface area contributed by atoms with Crippen LogP contribution in [0.15, 0.2) is 71.1 Å². The summed E-state index contributed by atoms with van der Waals surface area (Å²) in [5.74, 6) is 0. The van der Waals surface area contributed by atoms with Crippen molar-refractivity contribution in [2.24, 2.45) is 0 Å². The Hall–Kier alpha value is -2.72. The zero-order valence-electron chi connectivity index (χ0n) is 15.8. The van der Waals surface area contributed by atoms with E-state index in [1.807, 2.05) is 35.7 Å². The van der Waals surface area contributed by atoms with Gasteiger partial charge < -0.3 is 0 Å². The van der Waals surface area contributed by atoms with Gasteiger partial charge in [0, 0.05) is 10.9 Å². The van der Waals surface area contributed by atoms with Crippen molar-refractivity contribution < 1.29 is 0 Å². The lowest BCUT2D eigenvalue weighted by atomic mass is 9.87. The van der Waals surface area contributed by atoms with Crippen molar-refractivity contribution in [3.8, 4) is 11.1 Å². The van der Waals surface area contributed by atoms with Gasteiger partial charge in [-0.05, 0) is 22.1 Å². The van der Waals surface area contributed by atoms with E-state index in [1.165, 1.54) is 16.9 Å². The Morgan fingerprint density at radius 2 is 1.70 bits per heavy atom. The molecule has 4 rings (SSSR count). The van der Waals surface area contributed by atoms with Gasteiger partial charge in [0.15, 0.2) is 0 Å². The van der Waals surface area contributed by atoms with E-state index in [2.05, 4.69) is 50.0 Å². The predicted molar refractivity (Wildman–Crippen MR) is 114 cm³/mol. The standard InChI is InChI=1S/C23H22N2OS/c1-23(2,3)18-11-9-16(10-12-18)13-25-15-24-21-20(22(25)26)19(14-27-21)17-7-5-4-6-8-17/h4-12,14-15H,13H2,1-3H3. The van der Waals surface area contributed by atoms with Crippen LogP contribution in [0.2, 0.25) is 0 Å². The van der Waals surface area contributed by atoms with Gasteiger partial charge in [-0.2, -0.15) is 0 Å². The van der Waals surface area contributed by atoms with E-state index in [0.29, 0.717) is 11.9 Å². The molecule has 136 valence electrons. The van der Waals surface area contributed by atoms with Crippen molar-refractivity contribution in [1.29, 1.82) is 0 Å². The molecule has 4 heteroatoms. The van der Waals surface area contributed by atoms with Gasteiger partial charge in [0.2, 0.25) is 0 Å². The minimum Gasteiger partial charge on any atom is -0.294 e. The number of hydrogen-bond donors (Lipinski definition) is 0. The lowest BCUT2D eigenvalue weighted by molar-refractivity contribution is 0.589. The van der Waals surface area contributed by atoms with Crippen molar-refractivity contribution >= 4 is 21.6 Å². The molecule has 0 aliphatic rings. The molecule has 2 aromatic carbocycles. The van der Waals surface area contributed by atoms with Crippen LogP contribution in [0.1, 0.15) is 31.9 Å². The highest BCUT2D eigenvalue weighted by atomic mass is 32.1. The monoisotopic (exact) mass is 374 g/mol. The molecule has 0 aliphatic heterocycles. The summed E-state index contributed by atoms with van der Waals surface area (Å²) in [6.45, 7) is 7.13. The molecule has 0 spiro atoms. The van der Waals surface area contributed by atoms with Crippen LogP contribution in [0.4, 0.5) is 0 Å². The fraction of sp³-hybridized carbons (Fsp3) is 0.217. The average molecular weight is 375 g/mol. The third kappa shape index (κ3) is 3.45. The van der Waals surface area contributed by atoms with Gasteiger partial charge in [-0.25, -0.2) is 4.98 Å². The van der Waals surface area contributed by atoms with Crippen LogP contribution < -0.4 is 5.56 Å². The number of thiophene rings is 1. The zero-order valence-corrected chi connectivity index (χ0v) is 16.6. The summed E-state index contributed by atoms with van der Waals surface area (Å²) >= 11 is 1.52. The molecule has 0 saturated carbocycles. The van der Waals surface area contributed by atoms with E-state index >= 15 is 0 Å². The highest BCUT2D eigenvalue weighted by Crippen LogP contribution is 2.30. The van der Waals surface area contributed by atoms with E-state index in [0.717, 1.165) is 21.5 Å². The second kappa shape index (κ2) is 6.78. The largest absolute Gasteiger partial charge is 0.294 e. The van der Waals surface area contributed by atoms with E-state index in [1.54, 1.807) is 10.9 Å². The van der Waals surface area contributed by atoms with Crippen molar-refractivity contribution in [2.45, 2.75) is 32.7 Å². The van der Waals surface area contributed by atoms with E-state index in [-0.39, 0.29) is 11.0 Å².